The van der Waals surface area contributed by atoms with Crippen molar-refractivity contribution in [3.63, 3.8) is 0 Å². The summed E-state index contributed by atoms with van der Waals surface area (Å²) in [5.74, 6) is 0.0252. The van der Waals surface area contributed by atoms with E-state index in [1.54, 1.807) is 18.2 Å². The van der Waals surface area contributed by atoms with Crippen molar-refractivity contribution in [2.75, 3.05) is 11.4 Å². The fraction of sp³-hybridized carbons (Fsp3) is 0.792. The molecule has 57 heavy (non-hydrogen) atoms. The molecule has 1 amide bonds. The Morgan fingerprint density at radius 1 is 0.912 bits per heavy atom. The number of aliphatic hydroxyl groups is 4. The minimum absolute atomic E-state index is 0.00402. The molecular formula is C48H69NO8. The molecule has 314 valence electrons. The zero-order valence-electron chi connectivity index (χ0n) is 35.1. The highest BCUT2D eigenvalue weighted by atomic mass is 16.6. The molecule has 2 spiro atoms. The summed E-state index contributed by atoms with van der Waals surface area (Å²) < 4.78 is 6.33. The number of anilines is 1. The first kappa shape index (κ1) is 40.1. The van der Waals surface area contributed by atoms with E-state index >= 15 is 0 Å². The summed E-state index contributed by atoms with van der Waals surface area (Å²) in [4.78, 5) is 30.7. The molecule has 12 atom stereocenters. The lowest BCUT2D eigenvalue weighted by Crippen LogP contribution is -2.63. The van der Waals surface area contributed by atoms with Crippen LogP contribution in [0.5, 0.6) is 5.75 Å². The molecule has 8 aliphatic rings. The van der Waals surface area contributed by atoms with Gasteiger partial charge in [0.2, 0.25) is 5.91 Å². The van der Waals surface area contributed by atoms with Gasteiger partial charge >= 0.3 is 0 Å². The van der Waals surface area contributed by atoms with Crippen molar-refractivity contribution in [3.05, 3.63) is 35.4 Å². The van der Waals surface area contributed by atoms with Crippen molar-refractivity contribution in [3.8, 4) is 5.75 Å². The van der Waals surface area contributed by atoms with Gasteiger partial charge in [-0.2, -0.15) is 0 Å². The first-order valence-electron chi connectivity index (χ1n) is 22.8. The fourth-order valence-electron chi connectivity index (χ4n) is 15.3. The lowest BCUT2D eigenvalue weighted by atomic mass is 9.44. The van der Waals surface area contributed by atoms with Gasteiger partial charge in [0.15, 0.2) is 5.78 Å². The maximum absolute atomic E-state index is 14.6. The molecule has 9 nitrogen and oxygen atoms in total. The van der Waals surface area contributed by atoms with E-state index in [0.717, 1.165) is 55.3 Å². The first-order chi connectivity index (χ1) is 26.9. The largest absolute Gasteiger partial charge is 0.508 e. The van der Waals surface area contributed by atoms with Crippen LogP contribution in [0.2, 0.25) is 0 Å². The smallest absolute Gasteiger partial charge is 0.233 e. The predicted octanol–water partition coefficient (Wildman–Crippen LogP) is 7.18. The average molecular weight is 788 g/mol. The molecule has 9 rings (SSSR count). The minimum Gasteiger partial charge on any atom is -0.508 e. The lowest BCUT2D eigenvalue weighted by molar-refractivity contribution is -0.168. The molecule has 0 aromatic heterocycles. The van der Waals surface area contributed by atoms with E-state index in [9.17, 15) is 35.1 Å². The van der Waals surface area contributed by atoms with Crippen molar-refractivity contribution in [2.24, 2.45) is 51.2 Å². The number of aromatic hydroxyl groups is 1. The highest BCUT2D eigenvalue weighted by Gasteiger charge is 2.72. The summed E-state index contributed by atoms with van der Waals surface area (Å²) in [5, 5.41) is 59.1. The van der Waals surface area contributed by atoms with E-state index in [-0.39, 0.29) is 64.7 Å². The Hall–Kier alpha value is -2.30. The van der Waals surface area contributed by atoms with E-state index in [2.05, 4.69) is 33.8 Å². The number of amides is 1. The molecule has 2 heterocycles. The second-order valence-electron chi connectivity index (χ2n) is 21.6. The summed E-state index contributed by atoms with van der Waals surface area (Å²) in [5.41, 5.74) is -1.95. The standard InChI is InChI=1S/C48H69NO8/c1-28(2)29(3)40-41(57-40)44(5,55)39-13-20-48(56)34-24-36(51)35-25-37(52)38(53)26-43(35,4)33(34)12-19-46(39,48)18-11-30-21-31(23-32(50)22-30)49-27-45(14-9-10-15-45)47(42(49)54)16-7-6-8-17-47/h21-24,28-29,33,35,37-41,50,52-53,55-56H,6-20,25-27H2,1-5H3. The quantitative estimate of drug-likeness (QED) is 0.174. The maximum Gasteiger partial charge on any atom is 0.233 e. The van der Waals surface area contributed by atoms with Crippen LogP contribution in [-0.2, 0) is 20.7 Å². The number of allylic oxidation sites excluding steroid dienone is 1. The van der Waals surface area contributed by atoms with Gasteiger partial charge in [0, 0.05) is 35.0 Å². The second-order valence-corrected chi connectivity index (χ2v) is 21.6. The zero-order chi connectivity index (χ0) is 40.5. The van der Waals surface area contributed by atoms with Crippen LogP contribution in [0.3, 0.4) is 0 Å². The Morgan fingerprint density at radius 3 is 2.32 bits per heavy atom. The van der Waals surface area contributed by atoms with Crippen molar-refractivity contribution in [1.82, 2.24) is 0 Å². The number of epoxide rings is 1. The zero-order valence-corrected chi connectivity index (χ0v) is 35.1. The third-order valence-corrected chi connectivity index (χ3v) is 18.7. The molecule has 0 bridgehead atoms. The van der Waals surface area contributed by atoms with Gasteiger partial charge in [-0.3, -0.25) is 9.59 Å². The third kappa shape index (κ3) is 5.70. The van der Waals surface area contributed by atoms with E-state index in [1.807, 2.05) is 11.8 Å². The normalized spacial score (nSPS) is 42.2. The molecule has 9 heteroatoms. The maximum atomic E-state index is 14.6. The Bertz CT molecular complexity index is 1810. The third-order valence-electron chi connectivity index (χ3n) is 18.7. The number of ketones is 1. The number of phenols is 1. The van der Waals surface area contributed by atoms with E-state index in [4.69, 9.17) is 4.74 Å². The van der Waals surface area contributed by atoms with E-state index in [1.165, 1.54) is 19.3 Å². The number of phenolic OH excluding ortho intramolecular Hbond substituents is 1. The number of ether oxygens (including phenoxy) is 1. The summed E-state index contributed by atoms with van der Waals surface area (Å²) in [6.07, 6.45) is 13.0. The van der Waals surface area contributed by atoms with Crippen molar-refractivity contribution >= 4 is 17.4 Å². The number of carbonyl (C=O) groups is 2. The summed E-state index contributed by atoms with van der Waals surface area (Å²) in [6.45, 7) is 11.2. The number of aliphatic hydroxyl groups excluding tert-OH is 2. The number of carbonyl (C=O) groups excluding carboxylic acids is 2. The second kappa shape index (κ2) is 13.6. The summed E-state index contributed by atoms with van der Waals surface area (Å²) in [6, 6.07) is 5.63. The molecule has 12 unspecified atom stereocenters. The van der Waals surface area contributed by atoms with Gasteiger partial charge in [0.05, 0.1) is 34.9 Å². The number of nitrogens with zero attached hydrogens (tertiary/aromatic N) is 1. The number of benzene rings is 1. The van der Waals surface area contributed by atoms with Crippen LogP contribution in [0, 0.1) is 51.2 Å². The fourth-order valence-corrected chi connectivity index (χ4v) is 15.3. The van der Waals surface area contributed by atoms with Crippen LogP contribution in [0.1, 0.15) is 143 Å². The number of fused-ring (bicyclic) bond motifs is 6. The van der Waals surface area contributed by atoms with Crippen LogP contribution in [0.4, 0.5) is 5.69 Å². The van der Waals surface area contributed by atoms with Gasteiger partial charge in [0.25, 0.3) is 0 Å². The molecule has 5 saturated carbocycles. The van der Waals surface area contributed by atoms with Crippen molar-refractivity contribution in [1.29, 1.82) is 0 Å². The van der Waals surface area contributed by atoms with Crippen LogP contribution in [0.25, 0.3) is 0 Å². The van der Waals surface area contributed by atoms with Crippen LogP contribution >= 0.6 is 0 Å². The molecule has 1 aromatic carbocycles. The van der Waals surface area contributed by atoms with E-state index < -0.39 is 40.2 Å². The van der Waals surface area contributed by atoms with E-state index in [0.29, 0.717) is 57.4 Å². The van der Waals surface area contributed by atoms with Crippen molar-refractivity contribution in [2.45, 2.75) is 179 Å². The number of hydrogen-bond donors (Lipinski definition) is 5. The van der Waals surface area contributed by atoms with Gasteiger partial charge in [-0.15, -0.1) is 0 Å². The van der Waals surface area contributed by atoms with Gasteiger partial charge < -0.3 is 35.2 Å². The molecule has 0 radical (unpaired) electrons. The topological polar surface area (TPSA) is 151 Å². The Balaban J connectivity index is 1.07. The van der Waals surface area contributed by atoms with Gasteiger partial charge in [-0.25, -0.2) is 0 Å². The van der Waals surface area contributed by atoms with Gasteiger partial charge in [-0.05, 0) is 142 Å². The number of rotatable bonds is 8. The SMILES string of the molecule is CC(C)C(C)C1OC1C(C)(O)C1CCC2(O)C3=CC(=O)C4CC(O)C(O)CC4(C)C3CCC12CCc1cc(O)cc(N2CC3(CCCC3)C3(CCCCC3)C2=O)c1. The van der Waals surface area contributed by atoms with Crippen molar-refractivity contribution < 1.29 is 39.9 Å². The Kier molecular flexibility index (Phi) is 9.58. The van der Waals surface area contributed by atoms with Crippen LogP contribution < -0.4 is 4.90 Å². The number of aryl methyl sites for hydroxylation is 1. The summed E-state index contributed by atoms with van der Waals surface area (Å²) in [7, 11) is 0. The van der Waals surface area contributed by atoms with Crippen LogP contribution in [-0.4, -0.2) is 79.4 Å². The monoisotopic (exact) mass is 788 g/mol. The molecule has 7 fully saturated rings. The first-order valence-corrected chi connectivity index (χ1v) is 22.8. The van der Waals surface area contributed by atoms with Gasteiger partial charge in [-0.1, -0.05) is 59.8 Å². The van der Waals surface area contributed by atoms with Gasteiger partial charge in [0.1, 0.15) is 11.9 Å². The molecule has 2 aliphatic heterocycles. The Labute approximate surface area is 339 Å². The highest BCUT2D eigenvalue weighted by Crippen LogP contribution is 2.71. The molecule has 2 saturated heterocycles. The molecule has 1 aromatic rings. The average Bonchev–Trinajstić information content (AvgIpc) is 3.65. The predicted molar refractivity (Wildman–Crippen MR) is 217 cm³/mol. The molecule has 6 aliphatic carbocycles. The number of hydrogen-bond acceptors (Lipinski definition) is 8. The molecular weight excluding hydrogens is 719 g/mol. The minimum atomic E-state index is -1.38. The highest BCUT2D eigenvalue weighted by molar-refractivity contribution is 6.01. The Morgan fingerprint density at radius 2 is 1.61 bits per heavy atom. The lowest BCUT2D eigenvalue weighted by Gasteiger charge is -2.61. The molecule has 5 N–H and O–H groups in total. The summed E-state index contributed by atoms with van der Waals surface area (Å²) >= 11 is 0. The van der Waals surface area contributed by atoms with Crippen LogP contribution in [0.15, 0.2) is 29.8 Å².